The zero-order valence-corrected chi connectivity index (χ0v) is 25.2. The minimum Gasteiger partial charge on any atom is -0.481 e. The SMILES string of the molecule is CCC.COCC(C)(C)COCC(C)(C)CNC(C)(C)C(=O)[C@H](CCC(=O)O)NC(C)(C)C(C)C. The van der Waals surface area contributed by atoms with Crippen LogP contribution in [0.1, 0.15) is 102 Å². The molecular formula is C28H58N2O5. The smallest absolute Gasteiger partial charge is 0.303 e. The number of methoxy groups -OCH3 is 1. The molecule has 210 valence electrons. The number of carbonyl (C=O) groups excluding carboxylic acids is 1. The highest BCUT2D eigenvalue weighted by molar-refractivity contribution is 5.92. The average Bonchev–Trinajstić information content (AvgIpc) is 2.69. The fraction of sp³-hybridized carbons (Fsp3) is 0.929. The third-order valence-corrected chi connectivity index (χ3v) is 6.10. The normalized spacial score (nSPS) is 13.9. The number of ether oxygens (including phenoxy) is 2. The molecule has 0 heterocycles. The third kappa shape index (κ3) is 16.4. The Hall–Kier alpha value is -1.02. The topological polar surface area (TPSA) is 96.9 Å². The Bertz CT molecular complexity index is 612. The molecule has 1 atom stereocenters. The first-order valence-corrected chi connectivity index (χ1v) is 13.1. The first kappa shape index (κ1) is 36.1. The Balaban J connectivity index is 0. The van der Waals surface area contributed by atoms with E-state index >= 15 is 0 Å². The Morgan fingerprint density at radius 2 is 1.37 bits per heavy atom. The molecule has 0 aliphatic carbocycles. The van der Waals surface area contributed by atoms with Crippen molar-refractivity contribution in [1.29, 1.82) is 0 Å². The molecule has 3 N–H and O–H groups in total. The predicted octanol–water partition coefficient (Wildman–Crippen LogP) is 5.31. The van der Waals surface area contributed by atoms with E-state index in [1.807, 2.05) is 27.7 Å². The summed E-state index contributed by atoms with van der Waals surface area (Å²) >= 11 is 0. The Kier molecular flexibility index (Phi) is 16.5. The summed E-state index contributed by atoms with van der Waals surface area (Å²) in [6.07, 6.45) is 1.46. The molecule has 0 saturated heterocycles. The van der Waals surface area contributed by atoms with E-state index < -0.39 is 17.6 Å². The van der Waals surface area contributed by atoms with E-state index in [9.17, 15) is 9.59 Å². The number of carboxylic acid groups (broad SMARTS) is 1. The van der Waals surface area contributed by atoms with Crippen molar-refractivity contribution in [3.63, 3.8) is 0 Å². The highest BCUT2D eigenvalue weighted by Crippen LogP contribution is 2.23. The summed E-state index contributed by atoms with van der Waals surface area (Å²) in [6.45, 7) is 27.0. The van der Waals surface area contributed by atoms with Crippen LogP contribution >= 0.6 is 0 Å². The number of aliphatic carboxylic acids is 1. The van der Waals surface area contributed by atoms with Gasteiger partial charge in [0.05, 0.1) is 31.4 Å². The van der Waals surface area contributed by atoms with Crippen LogP contribution < -0.4 is 10.6 Å². The summed E-state index contributed by atoms with van der Waals surface area (Å²) in [4.78, 5) is 24.6. The lowest BCUT2D eigenvalue weighted by Gasteiger charge is -2.39. The van der Waals surface area contributed by atoms with Crippen LogP contribution in [-0.4, -0.2) is 67.5 Å². The lowest BCUT2D eigenvalue weighted by atomic mass is 9.84. The van der Waals surface area contributed by atoms with Crippen LogP contribution in [0.15, 0.2) is 0 Å². The van der Waals surface area contributed by atoms with E-state index in [0.29, 0.717) is 26.4 Å². The third-order valence-electron chi connectivity index (χ3n) is 6.10. The molecule has 0 spiro atoms. The second-order valence-corrected chi connectivity index (χ2v) is 12.8. The molecule has 0 aromatic carbocycles. The number of Topliss-reactive ketones (excluding diaryl/α,β-unsaturated/α-hetero) is 1. The minimum absolute atomic E-state index is 0.0228. The first-order chi connectivity index (χ1) is 15.8. The van der Waals surface area contributed by atoms with Crippen molar-refractivity contribution in [2.24, 2.45) is 16.7 Å². The van der Waals surface area contributed by atoms with Crippen molar-refractivity contribution >= 4 is 11.8 Å². The molecule has 0 rings (SSSR count). The van der Waals surface area contributed by atoms with Crippen LogP contribution in [-0.2, 0) is 19.1 Å². The van der Waals surface area contributed by atoms with Gasteiger partial charge in [0.1, 0.15) is 0 Å². The summed E-state index contributed by atoms with van der Waals surface area (Å²) in [5, 5.41) is 16.0. The maximum atomic E-state index is 13.4. The molecule has 35 heavy (non-hydrogen) atoms. The van der Waals surface area contributed by atoms with Crippen LogP contribution in [0.25, 0.3) is 0 Å². The monoisotopic (exact) mass is 502 g/mol. The molecule has 0 aliphatic rings. The van der Waals surface area contributed by atoms with Gasteiger partial charge < -0.3 is 25.2 Å². The number of ketones is 1. The zero-order chi connectivity index (χ0) is 28.1. The van der Waals surface area contributed by atoms with Crippen LogP contribution in [0.5, 0.6) is 0 Å². The molecule has 0 aromatic rings. The summed E-state index contributed by atoms with van der Waals surface area (Å²) in [5.41, 5.74) is -1.34. The molecule has 0 aromatic heterocycles. The lowest BCUT2D eigenvalue weighted by Crippen LogP contribution is -2.60. The fourth-order valence-corrected chi connectivity index (χ4v) is 3.22. The fourth-order valence-electron chi connectivity index (χ4n) is 3.22. The number of nitrogens with one attached hydrogen (secondary N) is 2. The van der Waals surface area contributed by atoms with E-state index in [-0.39, 0.29) is 40.9 Å². The molecule has 0 radical (unpaired) electrons. The highest BCUT2D eigenvalue weighted by Gasteiger charge is 2.38. The lowest BCUT2D eigenvalue weighted by molar-refractivity contribution is -0.137. The van der Waals surface area contributed by atoms with Crippen LogP contribution in [0.3, 0.4) is 0 Å². The molecule has 0 amide bonds. The van der Waals surface area contributed by atoms with Gasteiger partial charge in [-0.1, -0.05) is 61.8 Å². The van der Waals surface area contributed by atoms with E-state index in [4.69, 9.17) is 14.6 Å². The van der Waals surface area contributed by atoms with Gasteiger partial charge >= 0.3 is 5.97 Å². The largest absolute Gasteiger partial charge is 0.481 e. The van der Waals surface area contributed by atoms with Crippen molar-refractivity contribution in [3.8, 4) is 0 Å². The number of hydrogen-bond donors (Lipinski definition) is 3. The van der Waals surface area contributed by atoms with Gasteiger partial charge in [-0.25, -0.2) is 0 Å². The van der Waals surface area contributed by atoms with Crippen molar-refractivity contribution < 1.29 is 24.2 Å². The van der Waals surface area contributed by atoms with Gasteiger partial charge in [-0.2, -0.15) is 0 Å². The second kappa shape index (κ2) is 16.0. The summed E-state index contributed by atoms with van der Waals surface area (Å²) < 4.78 is 11.2. The highest BCUT2D eigenvalue weighted by atomic mass is 16.5. The van der Waals surface area contributed by atoms with E-state index in [1.54, 1.807) is 7.11 Å². The number of carboxylic acids is 1. The molecule has 0 fully saturated rings. The summed E-state index contributed by atoms with van der Waals surface area (Å²) in [7, 11) is 1.69. The minimum atomic E-state index is -0.896. The van der Waals surface area contributed by atoms with E-state index in [1.165, 1.54) is 6.42 Å². The van der Waals surface area contributed by atoms with E-state index in [0.717, 1.165) is 0 Å². The Morgan fingerprint density at radius 1 is 0.886 bits per heavy atom. The molecule has 0 bridgehead atoms. The van der Waals surface area contributed by atoms with E-state index in [2.05, 4.69) is 66.0 Å². The number of rotatable bonds is 17. The standard InChI is InChI=1S/C25H50N2O5.C3H8/c1-18(2)24(7,8)27-19(12-13-20(28)29)21(30)25(9,10)26-14-22(3,4)16-32-17-23(5,6)15-31-11;1-3-2/h18-19,26-27H,12-17H2,1-11H3,(H,28,29);3H2,1-2H3/t19-;/m0./s1. The first-order valence-electron chi connectivity index (χ1n) is 13.1. The van der Waals surface area contributed by atoms with Crippen LogP contribution in [0.4, 0.5) is 0 Å². The summed E-state index contributed by atoms with van der Waals surface area (Å²) in [6, 6.07) is -0.541. The Morgan fingerprint density at radius 3 is 1.80 bits per heavy atom. The van der Waals surface area contributed by atoms with Crippen LogP contribution in [0.2, 0.25) is 0 Å². The van der Waals surface area contributed by atoms with Gasteiger partial charge in [-0.15, -0.1) is 0 Å². The number of hydrogen-bond acceptors (Lipinski definition) is 6. The van der Waals surface area contributed by atoms with Crippen molar-refractivity contribution in [2.75, 3.05) is 33.5 Å². The molecule has 0 aliphatic heterocycles. The molecule has 0 unspecified atom stereocenters. The quantitative estimate of drug-likeness (QED) is 0.248. The molecule has 0 saturated carbocycles. The van der Waals surface area contributed by atoms with Gasteiger partial charge in [-0.3, -0.25) is 9.59 Å². The maximum Gasteiger partial charge on any atom is 0.303 e. The summed E-state index contributed by atoms with van der Waals surface area (Å²) in [5.74, 6) is -0.630. The zero-order valence-electron chi connectivity index (χ0n) is 25.2. The molecule has 7 heteroatoms. The maximum absolute atomic E-state index is 13.4. The second-order valence-electron chi connectivity index (χ2n) is 12.8. The molecule has 7 nitrogen and oxygen atoms in total. The van der Waals surface area contributed by atoms with Gasteiger partial charge in [-0.05, 0) is 40.0 Å². The Labute approximate surface area is 216 Å². The van der Waals surface area contributed by atoms with Gasteiger partial charge in [0.2, 0.25) is 0 Å². The number of carbonyl (C=O) groups is 2. The van der Waals surface area contributed by atoms with Crippen molar-refractivity contribution in [1.82, 2.24) is 10.6 Å². The van der Waals surface area contributed by atoms with Gasteiger partial charge in [0.15, 0.2) is 5.78 Å². The van der Waals surface area contributed by atoms with Gasteiger partial charge in [0.25, 0.3) is 0 Å². The van der Waals surface area contributed by atoms with Crippen LogP contribution in [0, 0.1) is 16.7 Å². The van der Waals surface area contributed by atoms with Gasteiger partial charge in [0, 0.05) is 36.4 Å². The van der Waals surface area contributed by atoms with Crippen molar-refractivity contribution in [3.05, 3.63) is 0 Å². The predicted molar refractivity (Wildman–Crippen MR) is 146 cm³/mol. The van der Waals surface area contributed by atoms with Crippen molar-refractivity contribution in [2.45, 2.75) is 119 Å². The molecular weight excluding hydrogens is 444 g/mol. The average molecular weight is 503 g/mol.